The lowest BCUT2D eigenvalue weighted by Gasteiger charge is -2.11. The van der Waals surface area contributed by atoms with Crippen molar-refractivity contribution in [2.24, 2.45) is 5.10 Å². The highest BCUT2D eigenvalue weighted by Crippen LogP contribution is 2.23. The van der Waals surface area contributed by atoms with Crippen LogP contribution in [0.15, 0.2) is 47.6 Å². The van der Waals surface area contributed by atoms with Gasteiger partial charge < -0.3 is 4.57 Å². The predicted octanol–water partition coefficient (Wildman–Crippen LogP) is 6.08. The molecule has 0 saturated heterocycles. The predicted molar refractivity (Wildman–Crippen MR) is 124 cm³/mol. The maximum atomic E-state index is 12.3. The number of nitrogens with zero attached hydrogens (tertiary/aromatic N) is 2. The third kappa shape index (κ3) is 4.42. The number of aryl methyl sites for hydroxylation is 2. The number of amides is 1. The molecule has 3 aromatic rings. The zero-order chi connectivity index (χ0) is 20.4. The summed E-state index contributed by atoms with van der Waals surface area (Å²) < 4.78 is 3.40. The van der Waals surface area contributed by atoms with Gasteiger partial charge in [0.2, 0.25) is 0 Å². The molecule has 0 saturated carbocycles. The van der Waals surface area contributed by atoms with E-state index in [2.05, 4.69) is 62.8 Å². The van der Waals surface area contributed by atoms with Crippen LogP contribution in [0.25, 0.3) is 5.69 Å². The number of hydrazone groups is 1. The van der Waals surface area contributed by atoms with Crippen LogP contribution in [0.1, 0.15) is 32.9 Å². The van der Waals surface area contributed by atoms with E-state index >= 15 is 0 Å². The van der Waals surface area contributed by atoms with E-state index in [1.165, 1.54) is 15.2 Å². The first-order chi connectivity index (χ1) is 13.3. The number of nitrogens with one attached hydrogen (secondary N) is 1. The van der Waals surface area contributed by atoms with Gasteiger partial charge in [0, 0.05) is 31.2 Å². The minimum absolute atomic E-state index is 0.285. The molecule has 2 aromatic carbocycles. The smallest absolute Gasteiger partial charge is 0.272 e. The normalized spacial score (nSPS) is 11.2. The number of benzene rings is 2. The lowest BCUT2D eigenvalue weighted by Crippen LogP contribution is -2.18. The van der Waals surface area contributed by atoms with E-state index in [-0.39, 0.29) is 10.9 Å². The number of hydrogen-bond acceptors (Lipinski definition) is 2. The van der Waals surface area contributed by atoms with Crippen molar-refractivity contribution >= 4 is 57.9 Å². The molecule has 0 fully saturated rings. The first-order valence-electron chi connectivity index (χ1n) is 8.52. The third-order valence-corrected chi connectivity index (χ3v) is 6.17. The fourth-order valence-corrected chi connectivity index (χ4v) is 3.81. The van der Waals surface area contributed by atoms with Gasteiger partial charge in [-0.15, -0.1) is 0 Å². The van der Waals surface area contributed by atoms with Crippen LogP contribution >= 0.6 is 45.8 Å². The molecule has 0 atom stereocenters. The lowest BCUT2D eigenvalue weighted by molar-refractivity contribution is 0.0955. The van der Waals surface area contributed by atoms with E-state index in [1.54, 1.807) is 18.3 Å². The maximum absolute atomic E-state index is 12.3. The van der Waals surface area contributed by atoms with Crippen LogP contribution in [0.5, 0.6) is 0 Å². The van der Waals surface area contributed by atoms with E-state index < -0.39 is 0 Å². The summed E-state index contributed by atoms with van der Waals surface area (Å²) in [6.07, 6.45) is 1.64. The Morgan fingerprint density at radius 2 is 1.86 bits per heavy atom. The number of rotatable bonds is 4. The van der Waals surface area contributed by atoms with Crippen LogP contribution < -0.4 is 5.43 Å². The molecule has 144 valence electrons. The van der Waals surface area contributed by atoms with Crippen LogP contribution in [0.4, 0.5) is 0 Å². The lowest BCUT2D eigenvalue weighted by atomic mass is 10.2. The summed E-state index contributed by atoms with van der Waals surface area (Å²) in [7, 11) is 0. The molecule has 0 aliphatic carbocycles. The first-order valence-corrected chi connectivity index (χ1v) is 10.4. The molecule has 28 heavy (non-hydrogen) atoms. The van der Waals surface area contributed by atoms with Crippen molar-refractivity contribution in [3.63, 3.8) is 0 Å². The SMILES string of the molecule is Cc1cc(-n2c(C)cc(/C=N\NC(=O)c3ccc(Cl)cc3Cl)c2C)ccc1I. The number of aromatic nitrogens is 1. The second kappa shape index (κ2) is 8.68. The standard InChI is InChI=1S/C21H18Cl2IN3O/c1-12-8-17(5-7-20(12)24)27-13(2)9-15(14(27)3)11-25-26-21(28)18-6-4-16(22)10-19(18)23/h4-11H,1-3H3,(H,26,28)/b25-11-. The van der Waals surface area contributed by atoms with E-state index in [0.29, 0.717) is 10.6 Å². The van der Waals surface area contributed by atoms with Crippen molar-refractivity contribution in [1.82, 2.24) is 9.99 Å². The van der Waals surface area contributed by atoms with Gasteiger partial charge in [-0.2, -0.15) is 5.10 Å². The van der Waals surface area contributed by atoms with E-state index in [0.717, 1.165) is 22.6 Å². The van der Waals surface area contributed by atoms with Crippen LogP contribution in [-0.2, 0) is 0 Å². The van der Waals surface area contributed by atoms with Crippen molar-refractivity contribution < 1.29 is 4.79 Å². The van der Waals surface area contributed by atoms with Crippen molar-refractivity contribution in [2.45, 2.75) is 20.8 Å². The average Bonchev–Trinajstić information content (AvgIpc) is 2.91. The molecule has 1 N–H and O–H groups in total. The summed E-state index contributed by atoms with van der Waals surface area (Å²) >= 11 is 14.2. The fourth-order valence-electron chi connectivity index (χ4n) is 2.98. The van der Waals surface area contributed by atoms with E-state index in [9.17, 15) is 4.79 Å². The van der Waals surface area contributed by atoms with Crippen molar-refractivity contribution in [3.05, 3.63) is 84.2 Å². The van der Waals surface area contributed by atoms with Gasteiger partial charge in [-0.1, -0.05) is 23.2 Å². The molecule has 1 amide bonds. The highest BCUT2D eigenvalue weighted by Gasteiger charge is 2.12. The molecule has 0 bridgehead atoms. The van der Waals surface area contributed by atoms with Crippen LogP contribution in [0.2, 0.25) is 10.0 Å². The molecule has 7 heteroatoms. The Labute approximate surface area is 187 Å². The van der Waals surface area contributed by atoms with Crippen molar-refractivity contribution in [1.29, 1.82) is 0 Å². The molecule has 0 aliphatic heterocycles. The fraction of sp³-hybridized carbons (Fsp3) is 0.143. The molecule has 1 heterocycles. The Bertz CT molecular complexity index is 1090. The van der Waals surface area contributed by atoms with Gasteiger partial charge >= 0.3 is 0 Å². The number of halogens is 3. The minimum atomic E-state index is -0.389. The maximum Gasteiger partial charge on any atom is 0.272 e. The number of hydrogen-bond donors (Lipinski definition) is 1. The molecule has 0 unspecified atom stereocenters. The highest BCUT2D eigenvalue weighted by molar-refractivity contribution is 14.1. The van der Waals surface area contributed by atoms with Gasteiger partial charge in [-0.05, 0) is 91.4 Å². The second-order valence-electron chi connectivity index (χ2n) is 6.42. The highest BCUT2D eigenvalue weighted by atomic mass is 127. The van der Waals surface area contributed by atoms with E-state index in [4.69, 9.17) is 23.2 Å². The average molecular weight is 526 g/mol. The van der Waals surface area contributed by atoms with Gasteiger partial charge in [0.1, 0.15) is 0 Å². The van der Waals surface area contributed by atoms with Crippen molar-refractivity contribution in [3.8, 4) is 5.69 Å². The van der Waals surface area contributed by atoms with Gasteiger partial charge in [-0.3, -0.25) is 4.79 Å². The monoisotopic (exact) mass is 525 g/mol. The Balaban J connectivity index is 1.81. The topological polar surface area (TPSA) is 46.4 Å². The number of carbonyl (C=O) groups is 1. The molecule has 0 aliphatic rings. The largest absolute Gasteiger partial charge is 0.318 e. The molecular weight excluding hydrogens is 508 g/mol. The Morgan fingerprint density at radius 3 is 2.54 bits per heavy atom. The minimum Gasteiger partial charge on any atom is -0.318 e. The van der Waals surface area contributed by atoms with Gasteiger partial charge in [0.15, 0.2) is 0 Å². The second-order valence-corrected chi connectivity index (χ2v) is 8.42. The molecule has 3 rings (SSSR count). The van der Waals surface area contributed by atoms with Crippen LogP contribution in [-0.4, -0.2) is 16.7 Å². The van der Waals surface area contributed by atoms with Gasteiger partial charge in [0.25, 0.3) is 5.91 Å². The zero-order valence-electron chi connectivity index (χ0n) is 15.6. The Kier molecular flexibility index (Phi) is 6.47. The molecule has 1 aromatic heterocycles. The van der Waals surface area contributed by atoms with Crippen molar-refractivity contribution in [2.75, 3.05) is 0 Å². The Hall–Kier alpha value is -1.83. The summed E-state index contributed by atoms with van der Waals surface area (Å²) in [5.74, 6) is -0.389. The van der Waals surface area contributed by atoms with E-state index in [1.807, 2.05) is 19.9 Å². The van der Waals surface area contributed by atoms with Gasteiger partial charge in [-0.25, -0.2) is 5.43 Å². The summed E-state index contributed by atoms with van der Waals surface area (Å²) in [5, 5.41) is 4.85. The quantitative estimate of drug-likeness (QED) is 0.250. The Morgan fingerprint density at radius 1 is 1.11 bits per heavy atom. The summed E-state index contributed by atoms with van der Waals surface area (Å²) in [6.45, 7) is 6.17. The molecule has 4 nitrogen and oxygen atoms in total. The number of carbonyl (C=O) groups excluding carboxylic acids is 1. The molecule has 0 spiro atoms. The summed E-state index contributed by atoms with van der Waals surface area (Å²) in [4.78, 5) is 12.3. The van der Waals surface area contributed by atoms with Crippen LogP contribution in [0, 0.1) is 24.3 Å². The van der Waals surface area contributed by atoms with Gasteiger partial charge in [0.05, 0.1) is 16.8 Å². The zero-order valence-corrected chi connectivity index (χ0v) is 19.2. The molecular formula is C21H18Cl2IN3O. The first kappa shape index (κ1) is 20.9. The van der Waals surface area contributed by atoms with Crippen LogP contribution in [0.3, 0.4) is 0 Å². The summed E-state index contributed by atoms with van der Waals surface area (Å²) in [6, 6.07) is 13.1. The molecule has 0 radical (unpaired) electrons. The third-order valence-electron chi connectivity index (χ3n) is 4.42. The summed E-state index contributed by atoms with van der Waals surface area (Å²) in [5.41, 5.74) is 8.22.